The summed E-state index contributed by atoms with van der Waals surface area (Å²) >= 11 is 0. The van der Waals surface area contributed by atoms with Gasteiger partial charge in [0.1, 0.15) is 11.5 Å². The molecule has 1 N–H and O–H groups in total. The van der Waals surface area contributed by atoms with Crippen molar-refractivity contribution in [3.8, 4) is 0 Å². The van der Waals surface area contributed by atoms with E-state index in [4.69, 9.17) is 4.74 Å². The van der Waals surface area contributed by atoms with Gasteiger partial charge in [-0.25, -0.2) is 9.37 Å². The fourth-order valence-corrected chi connectivity index (χ4v) is 6.75. The molecule has 0 saturated carbocycles. The van der Waals surface area contributed by atoms with Crippen LogP contribution in [0.15, 0.2) is 36.5 Å². The van der Waals surface area contributed by atoms with Gasteiger partial charge in [0.2, 0.25) is 11.9 Å². The van der Waals surface area contributed by atoms with Crippen molar-refractivity contribution < 1.29 is 18.3 Å². The van der Waals surface area contributed by atoms with Gasteiger partial charge in [0.25, 0.3) is 0 Å². The SMILES string of the molecule is C[C@@H]1CN(CC(=O)N2CC(C)(C)c3c2cc(Cc2ccc(F)cc2)c2nc(F)cn32)[C@@H](CN2CCOC[C@H]2C)CN1. The second kappa shape index (κ2) is 11.1. The molecule has 3 atom stereocenters. The molecule has 2 saturated heterocycles. The molecule has 6 rings (SSSR count). The summed E-state index contributed by atoms with van der Waals surface area (Å²) in [7, 11) is 0. The molecule has 1 amide bonds. The summed E-state index contributed by atoms with van der Waals surface area (Å²) in [5, 5.41) is 3.60. The number of nitrogens with one attached hydrogen (secondary N) is 1. The third-order valence-electron chi connectivity index (χ3n) is 8.87. The number of ether oxygens (including phenoxy) is 1. The predicted octanol–water partition coefficient (Wildman–Crippen LogP) is 3.21. The standard InChI is InChI=1S/C31H40F2N6O2/c1-20-14-37(25(13-34-20)15-36-9-10-41-18-21(36)2)17-28(40)39-19-31(3,4)29-26(39)12-23(30-35-27(33)16-38(29)30)11-22-5-7-24(32)8-6-22/h5-8,12,16,20-21,25,34H,9-11,13-15,17-19H2,1-4H3/t20-,21-,25-/m1/s1. The van der Waals surface area contributed by atoms with Gasteiger partial charge in [0.05, 0.1) is 37.3 Å². The number of hydrogen-bond acceptors (Lipinski definition) is 6. The first-order chi connectivity index (χ1) is 19.6. The highest BCUT2D eigenvalue weighted by molar-refractivity contribution is 5.98. The van der Waals surface area contributed by atoms with E-state index in [1.165, 1.54) is 18.3 Å². The Morgan fingerprint density at radius 3 is 2.71 bits per heavy atom. The van der Waals surface area contributed by atoms with Crippen LogP contribution in [-0.2, 0) is 21.4 Å². The van der Waals surface area contributed by atoms with Crippen molar-refractivity contribution in [2.45, 2.75) is 57.7 Å². The van der Waals surface area contributed by atoms with E-state index in [9.17, 15) is 13.6 Å². The van der Waals surface area contributed by atoms with Crippen LogP contribution in [0.1, 0.15) is 44.5 Å². The van der Waals surface area contributed by atoms with Gasteiger partial charge in [0.15, 0.2) is 0 Å². The first-order valence-corrected chi connectivity index (χ1v) is 14.6. The number of pyridine rings is 1. The molecule has 1 aromatic carbocycles. The van der Waals surface area contributed by atoms with Gasteiger partial charge in [-0.15, -0.1) is 0 Å². The summed E-state index contributed by atoms with van der Waals surface area (Å²) in [6.07, 6.45) is 1.86. The molecule has 0 unspecified atom stereocenters. The highest BCUT2D eigenvalue weighted by Crippen LogP contribution is 2.42. The number of benzene rings is 1. The van der Waals surface area contributed by atoms with Crippen LogP contribution in [0.4, 0.5) is 14.5 Å². The molecule has 2 fully saturated rings. The molecular weight excluding hydrogens is 526 g/mol. The largest absolute Gasteiger partial charge is 0.379 e. The molecule has 0 radical (unpaired) electrons. The van der Waals surface area contributed by atoms with Crippen LogP contribution in [0.25, 0.3) is 5.65 Å². The highest BCUT2D eigenvalue weighted by Gasteiger charge is 2.42. The average molecular weight is 567 g/mol. The van der Waals surface area contributed by atoms with Gasteiger partial charge in [0, 0.05) is 68.2 Å². The fraction of sp³-hybridized carbons (Fsp3) is 0.548. The van der Waals surface area contributed by atoms with Crippen LogP contribution < -0.4 is 10.2 Å². The van der Waals surface area contributed by atoms with Gasteiger partial charge < -0.3 is 15.0 Å². The number of rotatable bonds is 6. The van der Waals surface area contributed by atoms with Crippen LogP contribution in [0, 0.1) is 11.8 Å². The maximum absolute atomic E-state index is 14.6. The van der Waals surface area contributed by atoms with Gasteiger partial charge in [-0.2, -0.15) is 4.39 Å². The zero-order chi connectivity index (χ0) is 28.9. The summed E-state index contributed by atoms with van der Waals surface area (Å²) in [6, 6.07) is 9.15. The van der Waals surface area contributed by atoms with Crippen molar-refractivity contribution in [2.24, 2.45) is 0 Å². The minimum absolute atomic E-state index is 0.0404. The Morgan fingerprint density at radius 2 is 1.95 bits per heavy atom. The molecule has 0 spiro atoms. The Bertz CT molecular complexity index is 1420. The zero-order valence-electron chi connectivity index (χ0n) is 24.4. The average Bonchev–Trinajstić information content (AvgIpc) is 3.44. The first kappa shape index (κ1) is 28.2. The molecule has 0 aliphatic carbocycles. The number of carbonyl (C=O) groups excluding carboxylic acids is 1. The normalized spacial score (nSPS) is 25.1. The predicted molar refractivity (Wildman–Crippen MR) is 154 cm³/mol. The molecule has 5 heterocycles. The number of piperazine rings is 1. The molecule has 3 aromatic rings. The Hall–Kier alpha value is -2.92. The second-order valence-electron chi connectivity index (χ2n) is 12.6. The van der Waals surface area contributed by atoms with E-state index < -0.39 is 11.4 Å². The van der Waals surface area contributed by atoms with E-state index in [-0.39, 0.29) is 17.8 Å². The molecule has 3 aliphatic rings. The molecule has 10 heteroatoms. The lowest BCUT2D eigenvalue weighted by Gasteiger charge is -2.43. The van der Waals surface area contributed by atoms with Crippen molar-refractivity contribution in [1.29, 1.82) is 0 Å². The van der Waals surface area contributed by atoms with Crippen LogP contribution >= 0.6 is 0 Å². The molecule has 41 heavy (non-hydrogen) atoms. The van der Waals surface area contributed by atoms with Crippen LogP contribution in [0.5, 0.6) is 0 Å². The third kappa shape index (κ3) is 5.62. The number of carbonyl (C=O) groups is 1. The Balaban J connectivity index is 1.30. The quantitative estimate of drug-likeness (QED) is 0.495. The van der Waals surface area contributed by atoms with Gasteiger partial charge in [-0.05, 0) is 37.6 Å². The van der Waals surface area contributed by atoms with Crippen LogP contribution in [0.3, 0.4) is 0 Å². The summed E-state index contributed by atoms with van der Waals surface area (Å²) < 4.78 is 35.6. The van der Waals surface area contributed by atoms with E-state index in [2.05, 4.69) is 47.8 Å². The summed E-state index contributed by atoms with van der Waals surface area (Å²) in [6.45, 7) is 14.2. The van der Waals surface area contributed by atoms with Crippen LogP contribution in [-0.4, -0.2) is 95.7 Å². The van der Waals surface area contributed by atoms with E-state index in [1.54, 1.807) is 12.1 Å². The number of hydrogen-bond donors (Lipinski definition) is 1. The van der Waals surface area contributed by atoms with E-state index in [1.807, 2.05) is 15.4 Å². The van der Waals surface area contributed by atoms with E-state index >= 15 is 0 Å². The number of aromatic nitrogens is 2. The Kier molecular flexibility index (Phi) is 7.61. The van der Waals surface area contributed by atoms with Crippen molar-refractivity contribution in [2.75, 3.05) is 57.4 Å². The topological polar surface area (TPSA) is 65.4 Å². The number of amides is 1. The Morgan fingerprint density at radius 1 is 1.17 bits per heavy atom. The number of imidazole rings is 1. The van der Waals surface area contributed by atoms with E-state index in [0.717, 1.165) is 61.9 Å². The number of morpholine rings is 1. The minimum atomic E-state index is -0.561. The smallest absolute Gasteiger partial charge is 0.241 e. The van der Waals surface area contributed by atoms with Gasteiger partial charge >= 0.3 is 0 Å². The van der Waals surface area contributed by atoms with Gasteiger partial charge in [-0.3, -0.25) is 19.0 Å². The monoisotopic (exact) mass is 566 g/mol. The number of nitrogens with zero attached hydrogens (tertiary/aromatic N) is 5. The van der Waals surface area contributed by atoms with Crippen molar-refractivity contribution >= 4 is 17.2 Å². The highest BCUT2D eigenvalue weighted by atomic mass is 19.1. The lowest BCUT2D eigenvalue weighted by atomic mass is 9.90. The van der Waals surface area contributed by atoms with E-state index in [0.29, 0.717) is 37.2 Å². The number of halogens is 2. The lowest BCUT2D eigenvalue weighted by Crippen LogP contribution is -2.62. The Labute approximate surface area is 240 Å². The molecule has 220 valence electrons. The molecule has 8 nitrogen and oxygen atoms in total. The molecule has 0 bridgehead atoms. The number of fused-ring (bicyclic) bond motifs is 3. The fourth-order valence-electron chi connectivity index (χ4n) is 6.75. The minimum Gasteiger partial charge on any atom is -0.379 e. The maximum Gasteiger partial charge on any atom is 0.241 e. The van der Waals surface area contributed by atoms with Crippen molar-refractivity contribution in [3.05, 3.63) is 65.1 Å². The first-order valence-electron chi connectivity index (χ1n) is 14.6. The molecular formula is C31H40F2N6O2. The lowest BCUT2D eigenvalue weighted by molar-refractivity contribution is -0.121. The van der Waals surface area contributed by atoms with Crippen molar-refractivity contribution in [1.82, 2.24) is 24.5 Å². The summed E-state index contributed by atoms with van der Waals surface area (Å²) in [5.74, 6) is -0.824. The zero-order valence-corrected chi connectivity index (χ0v) is 24.4. The summed E-state index contributed by atoms with van der Waals surface area (Å²) in [4.78, 5) is 25.0. The third-order valence-corrected chi connectivity index (χ3v) is 8.87. The van der Waals surface area contributed by atoms with Gasteiger partial charge in [-0.1, -0.05) is 26.0 Å². The summed E-state index contributed by atoms with van der Waals surface area (Å²) in [5.41, 5.74) is 3.50. The number of anilines is 1. The van der Waals surface area contributed by atoms with Crippen LogP contribution in [0.2, 0.25) is 0 Å². The van der Waals surface area contributed by atoms with Crippen molar-refractivity contribution in [3.63, 3.8) is 0 Å². The molecule has 3 aliphatic heterocycles. The molecule has 2 aromatic heterocycles. The maximum atomic E-state index is 14.6. The second-order valence-corrected chi connectivity index (χ2v) is 12.6.